The van der Waals surface area contributed by atoms with Crippen molar-refractivity contribution in [2.24, 2.45) is 0 Å². The van der Waals surface area contributed by atoms with Crippen LogP contribution < -0.4 is 4.74 Å². The standard InChI is InChI=1S/C11H13ClO4/c12-10(11(14)15)7-16-9-3-1-8(2-4-9)5-6-13/h1-4,10,13H,5-7H2,(H,14,15). The zero-order valence-corrected chi connectivity index (χ0v) is 9.35. The minimum absolute atomic E-state index is 0.0732. The maximum atomic E-state index is 10.4. The lowest BCUT2D eigenvalue weighted by molar-refractivity contribution is -0.137. The van der Waals surface area contributed by atoms with Gasteiger partial charge >= 0.3 is 5.97 Å². The fraction of sp³-hybridized carbons (Fsp3) is 0.364. The Kier molecular flexibility index (Phi) is 5.08. The number of hydrogen-bond donors (Lipinski definition) is 2. The van der Waals surface area contributed by atoms with Gasteiger partial charge in [0.2, 0.25) is 0 Å². The molecule has 1 rings (SSSR count). The van der Waals surface area contributed by atoms with Crippen molar-refractivity contribution < 1.29 is 19.7 Å². The number of aliphatic carboxylic acids is 1. The summed E-state index contributed by atoms with van der Waals surface area (Å²) >= 11 is 5.49. The number of carboxylic acids is 1. The van der Waals surface area contributed by atoms with E-state index in [1.807, 2.05) is 12.1 Å². The summed E-state index contributed by atoms with van der Waals surface area (Å²) in [6.45, 7) is 0.0270. The van der Waals surface area contributed by atoms with Gasteiger partial charge in [0.15, 0.2) is 5.38 Å². The molecule has 0 bridgehead atoms. The predicted octanol–water partition coefficient (Wildman–Crippen LogP) is 1.29. The summed E-state index contributed by atoms with van der Waals surface area (Å²) in [6.07, 6.45) is 0.591. The molecule has 0 heterocycles. The molecule has 4 nitrogen and oxygen atoms in total. The van der Waals surface area contributed by atoms with Crippen LogP contribution in [0.2, 0.25) is 0 Å². The minimum atomic E-state index is -1.10. The lowest BCUT2D eigenvalue weighted by Crippen LogP contribution is -2.21. The second kappa shape index (κ2) is 6.35. The number of ether oxygens (including phenoxy) is 1. The third-order valence-electron chi connectivity index (χ3n) is 1.99. The number of alkyl halides is 1. The smallest absolute Gasteiger partial charge is 0.325 e. The third kappa shape index (κ3) is 4.08. The fourth-order valence-corrected chi connectivity index (χ4v) is 1.19. The van der Waals surface area contributed by atoms with E-state index in [0.717, 1.165) is 5.56 Å². The van der Waals surface area contributed by atoms with Gasteiger partial charge in [0.05, 0.1) is 0 Å². The van der Waals surface area contributed by atoms with Crippen LogP contribution >= 0.6 is 11.6 Å². The molecular formula is C11H13ClO4. The summed E-state index contributed by atoms with van der Waals surface area (Å²) in [6, 6.07) is 7.07. The van der Waals surface area contributed by atoms with Gasteiger partial charge in [-0.15, -0.1) is 11.6 Å². The van der Waals surface area contributed by atoms with Gasteiger partial charge in [0, 0.05) is 6.61 Å². The lowest BCUT2D eigenvalue weighted by Gasteiger charge is -2.08. The van der Waals surface area contributed by atoms with Crippen LogP contribution in [0.3, 0.4) is 0 Å². The molecule has 1 atom stereocenters. The molecule has 1 aromatic rings. The Morgan fingerprint density at radius 3 is 2.50 bits per heavy atom. The van der Waals surface area contributed by atoms with Gasteiger partial charge in [-0.2, -0.15) is 0 Å². The van der Waals surface area contributed by atoms with E-state index in [0.29, 0.717) is 12.2 Å². The van der Waals surface area contributed by atoms with Crippen molar-refractivity contribution in [1.29, 1.82) is 0 Å². The predicted molar refractivity (Wildman–Crippen MR) is 60.0 cm³/mol. The largest absolute Gasteiger partial charge is 0.491 e. The molecule has 0 aromatic heterocycles. The van der Waals surface area contributed by atoms with Crippen molar-refractivity contribution >= 4 is 17.6 Å². The second-order valence-electron chi connectivity index (χ2n) is 3.23. The Labute approximate surface area is 98.4 Å². The van der Waals surface area contributed by atoms with Crippen LogP contribution in [0.1, 0.15) is 5.56 Å². The van der Waals surface area contributed by atoms with Gasteiger partial charge < -0.3 is 14.9 Å². The van der Waals surface area contributed by atoms with Crippen LogP contribution in [0.15, 0.2) is 24.3 Å². The Morgan fingerprint density at radius 1 is 1.38 bits per heavy atom. The van der Waals surface area contributed by atoms with Gasteiger partial charge in [0.1, 0.15) is 12.4 Å². The maximum Gasteiger partial charge on any atom is 0.325 e. The molecule has 16 heavy (non-hydrogen) atoms. The molecule has 1 unspecified atom stereocenters. The van der Waals surface area contributed by atoms with Crippen LogP contribution in [0.25, 0.3) is 0 Å². The molecule has 0 saturated carbocycles. The SMILES string of the molecule is O=C(O)C(Cl)COc1ccc(CCO)cc1. The van der Waals surface area contributed by atoms with Crippen LogP contribution in [0, 0.1) is 0 Å². The van der Waals surface area contributed by atoms with Crippen LogP contribution in [0.4, 0.5) is 0 Å². The third-order valence-corrected chi connectivity index (χ3v) is 2.30. The molecule has 0 amide bonds. The zero-order chi connectivity index (χ0) is 12.0. The fourth-order valence-electron chi connectivity index (χ4n) is 1.12. The Hall–Kier alpha value is -1.26. The summed E-state index contributed by atoms with van der Waals surface area (Å²) in [4.78, 5) is 10.4. The number of benzene rings is 1. The number of carboxylic acid groups (broad SMARTS) is 1. The highest BCUT2D eigenvalue weighted by molar-refractivity contribution is 6.29. The van der Waals surface area contributed by atoms with Crippen molar-refractivity contribution in [2.45, 2.75) is 11.8 Å². The van der Waals surface area contributed by atoms with Crippen molar-refractivity contribution in [3.05, 3.63) is 29.8 Å². The number of aliphatic hydroxyl groups excluding tert-OH is 1. The molecule has 0 fully saturated rings. The van der Waals surface area contributed by atoms with E-state index in [9.17, 15) is 4.79 Å². The first-order valence-corrected chi connectivity index (χ1v) is 5.26. The number of hydrogen-bond acceptors (Lipinski definition) is 3. The second-order valence-corrected chi connectivity index (χ2v) is 3.76. The average Bonchev–Trinajstić information content (AvgIpc) is 2.28. The Morgan fingerprint density at radius 2 is 2.00 bits per heavy atom. The van der Waals surface area contributed by atoms with Crippen molar-refractivity contribution in [3.63, 3.8) is 0 Å². The Balaban J connectivity index is 2.46. The van der Waals surface area contributed by atoms with Crippen LogP contribution in [-0.2, 0) is 11.2 Å². The van der Waals surface area contributed by atoms with E-state index in [2.05, 4.69) is 0 Å². The molecule has 0 aliphatic rings. The highest BCUT2D eigenvalue weighted by atomic mass is 35.5. The maximum absolute atomic E-state index is 10.4. The first-order valence-electron chi connectivity index (χ1n) is 4.83. The van der Waals surface area contributed by atoms with Gasteiger partial charge in [-0.3, -0.25) is 4.79 Å². The molecular weight excluding hydrogens is 232 g/mol. The van der Waals surface area contributed by atoms with Crippen molar-refractivity contribution in [3.8, 4) is 5.75 Å². The summed E-state index contributed by atoms with van der Waals surface area (Å²) in [5, 5.41) is 16.2. The monoisotopic (exact) mass is 244 g/mol. The minimum Gasteiger partial charge on any atom is -0.491 e. The number of halogens is 1. The van der Waals surface area contributed by atoms with Crippen LogP contribution in [-0.4, -0.2) is 34.8 Å². The quantitative estimate of drug-likeness (QED) is 0.740. The van der Waals surface area contributed by atoms with Gasteiger partial charge in [0.25, 0.3) is 0 Å². The number of carbonyl (C=O) groups is 1. The first kappa shape index (κ1) is 12.8. The lowest BCUT2D eigenvalue weighted by atomic mass is 10.1. The molecule has 88 valence electrons. The van der Waals surface area contributed by atoms with Gasteiger partial charge in [-0.1, -0.05) is 12.1 Å². The molecule has 0 radical (unpaired) electrons. The van der Waals surface area contributed by atoms with E-state index in [-0.39, 0.29) is 13.2 Å². The molecule has 0 spiro atoms. The summed E-state index contributed by atoms with van der Waals surface area (Å²) in [5.41, 5.74) is 0.996. The summed E-state index contributed by atoms with van der Waals surface area (Å²) in [7, 11) is 0. The summed E-state index contributed by atoms with van der Waals surface area (Å²) in [5.74, 6) is -0.535. The first-order chi connectivity index (χ1) is 7.63. The van der Waals surface area contributed by atoms with Gasteiger partial charge in [-0.25, -0.2) is 0 Å². The highest BCUT2D eigenvalue weighted by Gasteiger charge is 2.13. The molecule has 0 aliphatic carbocycles. The highest BCUT2D eigenvalue weighted by Crippen LogP contribution is 2.13. The topological polar surface area (TPSA) is 66.8 Å². The molecule has 5 heteroatoms. The molecule has 2 N–H and O–H groups in total. The normalized spacial score (nSPS) is 12.1. The van der Waals surface area contributed by atoms with Crippen LogP contribution in [0.5, 0.6) is 5.75 Å². The summed E-state index contributed by atoms with van der Waals surface area (Å²) < 4.78 is 5.19. The zero-order valence-electron chi connectivity index (χ0n) is 8.60. The average molecular weight is 245 g/mol. The Bertz CT molecular complexity index is 336. The van der Waals surface area contributed by atoms with E-state index in [1.54, 1.807) is 12.1 Å². The van der Waals surface area contributed by atoms with Crippen molar-refractivity contribution in [1.82, 2.24) is 0 Å². The van der Waals surface area contributed by atoms with Gasteiger partial charge in [-0.05, 0) is 24.1 Å². The van der Waals surface area contributed by atoms with E-state index >= 15 is 0 Å². The van der Waals surface area contributed by atoms with E-state index < -0.39 is 11.3 Å². The molecule has 0 saturated heterocycles. The van der Waals surface area contributed by atoms with E-state index in [1.165, 1.54) is 0 Å². The number of aliphatic hydroxyl groups is 1. The molecule has 1 aromatic carbocycles. The molecule has 0 aliphatic heterocycles. The van der Waals surface area contributed by atoms with E-state index in [4.69, 9.17) is 26.6 Å². The number of rotatable bonds is 6. The van der Waals surface area contributed by atoms with Crippen molar-refractivity contribution in [2.75, 3.05) is 13.2 Å².